The van der Waals surface area contributed by atoms with Gasteiger partial charge in [0.05, 0.1) is 49.9 Å². The van der Waals surface area contributed by atoms with Crippen LogP contribution in [0.15, 0.2) is 42.7 Å². The molecule has 1 unspecified atom stereocenters. The smallest absolute Gasteiger partial charge is 0.159 e. The van der Waals surface area contributed by atoms with E-state index in [9.17, 15) is 0 Å². The summed E-state index contributed by atoms with van der Waals surface area (Å²) in [4.78, 5) is 9.19. The first-order valence-corrected chi connectivity index (χ1v) is 10.4. The molecule has 1 atom stereocenters. The highest BCUT2D eigenvalue weighted by Gasteiger charge is 2.29. The Hall–Kier alpha value is -2.19. The largest absolute Gasteiger partial charge is 0.379 e. The maximum absolute atomic E-state index is 6.08. The van der Waals surface area contributed by atoms with E-state index in [1.165, 1.54) is 0 Å². The number of aromatic nitrogens is 3. The van der Waals surface area contributed by atoms with Crippen LogP contribution < -0.4 is 4.90 Å². The van der Waals surface area contributed by atoms with Crippen molar-refractivity contribution in [1.82, 2.24) is 19.7 Å². The Morgan fingerprint density at radius 3 is 2.62 bits per heavy atom. The Labute approximate surface area is 174 Å². The van der Waals surface area contributed by atoms with Crippen molar-refractivity contribution in [2.75, 3.05) is 57.5 Å². The van der Waals surface area contributed by atoms with Gasteiger partial charge in [0.15, 0.2) is 5.82 Å². The van der Waals surface area contributed by atoms with Gasteiger partial charge in [0.1, 0.15) is 0 Å². The molecule has 2 aliphatic rings. The van der Waals surface area contributed by atoms with Crippen molar-refractivity contribution in [1.29, 1.82) is 0 Å². The molecule has 2 aromatic heterocycles. The molecule has 1 aromatic carbocycles. The summed E-state index contributed by atoms with van der Waals surface area (Å²) in [7, 11) is 0. The van der Waals surface area contributed by atoms with Crippen molar-refractivity contribution in [2.24, 2.45) is 0 Å². The van der Waals surface area contributed by atoms with Crippen LogP contribution in [-0.2, 0) is 9.47 Å². The normalized spacial score (nSPS) is 21.0. The minimum Gasteiger partial charge on any atom is -0.379 e. The lowest BCUT2D eigenvalue weighted by Gasteiger charge is -2.39. The molecular weight excluding hydrogens is 390 g/mol. The number of hydrogen-bond acceptors (Lipinski definition) is 6. The molecule has 0 saturated carbocycles. The molecule has 8 heteroatoms. The summed E-state index contributed by atoms with van der Waals surface area (Å²) >= 11 is 6.08. The third-order valence-corrected chi connectivity index (χ3v) is 5.86. The van der Waals surface area contributed by atoms with Gasteiger partial charge < -0.3 is 14.4 Å². The van der Waals surface area contributed by atoms with Gasteiger partial charge >= 0.3 is 0 Å². The van der Waals surface area contributed by atoms with Gasteiger partial charge in [0.25, 0.3) is 0 Å². The lowest BCUT2D eigenvalue weighted by Crippen LogP contribution is -2.53. The lowest BCUT2D eigenvalue weighted by atomic mass is 10.2. The predicted molar refractivity (Wildman–Crippen MR) is 113 cm³/mol. The first kappa shape index (κ1) is 18.8. The van der Waals surface area contributed by atoms with Crippen LogP contribution in [0.4, 0.5) is 5.82 Å². The topological polar surface area (TPSA) is 55.7 Å². The molecule has 2 aliphatic heterocycles. The molecule has 152 valence electrons. The molecule has 0 N–H and O–H groups in total. The second-order valence-electron chi connectivity index (χ2n) is 7.44. The zero-order chi connectivity index (χ0) is 19.6. The third kappa shape index (κ3) is 3.83. The van der Waals surface area contributed by atoms with Crippen molar-refractivity contribution in [2.45, 2.75) is 6.04 Å². The number of nitrogens with zero attached hydrogens (tertiary/aromatic N) is 5. The summed E-state index contributed by atoms with van der Waals surface area (Å²) in [6.07, 6.45) is 3.70. The molecule has 2 fully saturated rings. The molecule has 29 heavy (non-hydrogen) atoms. The number of fused-ring (bicyclic) bond motifs is 1. The summed E-state index contributed by atoms with van der Waals surface area (Å²) in [5.74, 6) is 0.985. The maximum Gasteiger partial charge on any atom is 0.159 e. The van der Waals surface area contributed by atoms with Crippen molar-refractivity contribution in [3.8, 4) is 5.69 Å². The van der Waals surface area contributed by atoms with Crippen LogP contribution in [0.2, 0.25) is 5.02 Å². The molecule has 0 aliphatic carbocycles. The van der Waals surface area contributed by atoms with Gasteiger partial charge in [-0.05, 0) is 30.3 Å². The number of halogens is 1. The monoisotopic (exact) mass is 413 g/mol. The number of hydrogen-bond donors (Lipinski definition) is 0. The molecule has 4 heterocycles. The highest BCUT2D eigenvalue weighted by molar-refractivity contribution is 6.30. The van der Waals surface area contributed by atoms with Crippen LogP contribution in [0.3, 0.4) is 0 Å². The Morgan fingerprint density at radius 2 is 1.79 bits per heavy atom. The summed E-state index contributed by atoms with van der Waals surface area (Å²) in [5.41, 5.74) is 1.96. The van der Waals surface area contributed by atoms with E-state index in [1.54, 1.807) is 0 Å². The van der Waals surface area contributed by atoms with E-state index in [4.69, 9.17) is 26.2 Å². The van der Waals surface area contributed by atoms with E-state index >= 15 is 0 Å². The van der Waals surface area contributed by atoms with Crippen molar-refractivity contribution in [3.63, 3.8) is 0 Å². The standard InChI is InChI=1S/C21H24ClN5O2/c22-16-1-3-17(4-2-16)27-20-13-23-6-5-19(20)21(24-27)26-9-12-29-15-18(26)14-25-7-10-28-11-8-25/h1-6,13,18H,7-12,14-15H2. The van der Waals surface area contributed by atoms with Gasteiger partial charge in [-0.15, -0.1) is 5.10 Å². The number of morpholine rings is 2. The number of benzene rings is 1. The Bertz CT molecular complexity index is 971. The van der Waals surface area contributed by atoms with Crippen LogP contribution in [0, 0.1) is 0 Å². The van der Waals surface area contributed by atoms with E-state index in [2.05, 4.69) is 14.8 Å². The number of anilines is 1. The molecule has 5 rings (SSSR count). The predicted octanol–water partition coefficient (Wildman–Crippen LogP) is 2.61. The summed E-state index contributed by atoms with van der Waals surface area (Å²) in [5, 5.41) is 6.83. The SMILES string of the molecule is Clc1ccc(-n2nc(N3CCOCC3CN3CCOCC3)c3ccncc32)cc1. The van der Waals surface area contributed by atoms with E-state index < -0.39 is 0 Å². The second kappa shape index (κ2) is 8.28. The lowest BCUT2D eigenvalue weighted by molar-refractivity contribution is 0.0210. The molecule has 0 radical (unpaired) electrons. The molecule has 7 nitrogen and oxygen atoms in total. The highest BCUT2D eigenvalue weighted by Crippen LogP contribution is 2.30. The average molecular weight is 414 g/mol. The fourth-order valence-electron chi connectivity index (χ4n) is 4.10. The van der Waals surface area contributed by atoms with Crippen molar-refractivity contribution < 1.29 is 9.47 Å². The Kier molecular flexibility index (Phi) is 5.37. The minimum atomic E-state index is 0.256. The molecule has 2 saturated heterocycles. The molecule has 0 spiro atoms. The van der Waals surface area contributed by atoms with Gasteiger partial charge in [-0.25, -0.2) is 4.68 Å². The van der Waals surface area contributed by atoms with Gasteiger partial charge in [0, 0.05) is 42.8 Å². The van der Waals surface area contributed by atoms with Gasteiger partial charge in [-0.1, -0.05) is 11.6 Å². The van der Waals surface area contributed by atoms with Crippen LogP contribution in [0.1, 0.15) is 0 Å². The average Bonchev–Trinajstić information content (AvgIpc) is 3.15. The van der Waals surface area contributed by atoms with E-state index in [0.717, 1.165) is 61.8 Å². The van der Waals surface area contributed by atoms with E-state index in [1.807, 2.05) is 47.4 Å². The first-order chi connectivity index (χ1) is 14.3. The second-order valence-corrected chi connectivity index (χ2v) is 7.88. The zero-order valence-corrected chi connectivity index (χ0v) is 17.0. The molecule has 3 aromatic rings. The van der Waals surface area contributed by atoms with Crippen LogP contribution in [-0.4, -0.2) is 78.3 Å². The summed E-state index contributed by atoms with van der Waals surface area (Å²) < 4.78 is 13.3. The Balaban J connectivity index is 1.51. The number of pyridine rings is 1. The van der Waals surface area contributed by atoms with Gasteiger partial charge in [-0.2, -0.15) is 0 Å². The van der Waals surface area contributed by atoms with Gasteiger partial charge in [0.2, 0.25) is 0 Å². The van der Waals surface area contributed by atoms with E-state index in [0.29, 0.717) is 18.2 Å². The van der Waals surface area contributed by atoms with Crippen LogP contribution in [0.5, 0.6) is 0 Å². The molecule has 0 bridgehead atoms. The minimum absolute atomic E-state index is 0.256. The fraction of sp³-hybridized carbons (Fsp3) is 0.429. The first-order valence-electron chi connectivity index (χ1n) is 10.0. The highest BCUT2D eigenvalue weighted by atomic mass is 35.5. The Morgan fingerprint density at radius 1 is 1.00 bits per heavy atom. The van der Waals surface area contributed by atoms with E-state index in [-0.39, 0.29) is 6.04 Å². The molecule has 0 amide bonds. The number of rotatable bonds is 4. The summed E-state index contributed by atoms with van der Waals surface area (Å²) in [6, 6.07) is 10.0. The number of ether oxygens (including phenoxy) is 2. The maximum atomic E-state index is 6.08. The quantitative estimate of drug-likeness (QED) is 0.655. The van der Waals surface area contributed by atoms with Crippen molar-refractivity contribution in [3.05, 3.63) is 47.7 Å². The van der Waals surface area contributed by atoms with Crippen LogP contribution in [0.25, 0.3) is 16.6 Å². The van der Waals surface area contributed by atoms with Gasteiger partial charge in [-0.3, -0.25) is 9.88 Å². The van der Waals surface area contributed by atoms with Crippen LogP contribution >= 0.6 is 11.6 Å². The fourth-order valence-corrected chi connectivity index (χ4v) is 4.23. The third-order valence-electron chi connectivity index (χ3n) is 5.61. The van der Waals surface area contributed by atoms with Crippen molar-refractivity contribution >= 4 is 28.3 Å². The molecular formula is C21H24ClN5O2. The summed E-state index contributed by atoms with van der Waals surface area (Å²) in [6.45, 7) is 6.72. The zero-order valence-electron chi connectivity index (χ0n) is 16.2.